The molecule has 2 aromatic heterocycles. The minimum atomic E-state index is -0.885. The van der Waals surface area contributed by atoms with Gasteiger partial charge in [0.15, 0.2) is 11.5 Å². The zero-order chi connectivity index (χ0) is 23.8. The van der Waals surface area contributed by atoms with E-state index in [1.54, 1.807) is 11.0 Å². The van der Waals surface area contributed by atoms with Gasteiger partial charge in [0.25, 0.3) is 0 Å². The van der Waals surface area contributed by atoms with E-state index >= 15 is 0 Å². The number of para-hydroxylation sites is 1. The lowest BCUT2D eigenvalue weighted by Crippen LogP contribution is -2.35. The first-order chi connectivity index (χ1) is 16.5. The first-order valence-electron chi connectivity index (χ1n) is 10.8. The van der Waals surface area contributed by atoms with Gasteiger partial charge in [-0.3, -0.25) is 9.69 Å². The molecule has 0 radical (unpaired) electrons. The second kappa shape index (κ2) is 9.12. The van der Waals surface area contributed by atoms with Crippen molar-refractivity contribution in [3.63, 3.8) is 0 Å². The van der Waals surface area contributed by atoms with Crippen LogP contribution in [0.5, 0.6) is 5.88 Å². The smallest absolute Gasteiger partial charge is 0.247 e. The van der Waals surface area contributed by atoms with Crippen molar-refractivity contribution in [3.05, 3.63) is 70.9 Å². The number of ether oxygens (including phenoxy) is 1. The maximum absolute atomic E-state index is 12.9. The topological polar surface area (TPSA) is 81.3 Å². The molecule has 0 spiro atoms. The maximum Gasteiger partial charge on any atom is 0.247 e. The summed E-state index contributed by atoms with van der Waals surface area (Å²) in [7, 11) is 0. The van der Waals surface area contributed by atoms with Gasteiger partial charge < -0.3 is 9.15 Å². The second-order valence-electron chi connectivity index (χ2n) is 7.67. The third kappa shape index (κ3) is 3.93. The Morgan fingerprint density at radius 2 is 1.88 bits per heavy atom. The first kappa shape index (κ1) is 22.4. The van der Waals surface area contributed by atoms with Gasteiger partial charge in [-0.05, 0) is 42.5 Å². The number of furan rings is 1. The molecular formula is C25H21ClN4O3S. The summed E-state index contributed by atoms with van der Waals surface area (Å²) in [4.78, 5) is 19.1. The molecule has 0 saturated carbocycles. The molecule has 1 aliphatic rings. The third-order valence-electron chi connectivity index (χ3n) is 5.53. The SMILES string of the molecule is CCSc1nnc2c(n1)OC(c1ccc(-c3cccc(Cl)c3C)o1)N(C(C)=O)c1ccccc1-2. The Kier molecular flexibility index (Phi) is 6.02. The van der Waals surface area contributed by atoms with Gasteiger partial charge in [0.2, 0.25) is 23.2 Å². The maximum atomic E-state index is 12.9. The molecule has 0 fully saturated rings. The van der Waals surface area contributed by atoms with E-state index < -0.39 is 6.23 Å². The molecule has 5 rings (SSSR count). The molecule has 0 bridgehead atoms. The highest BCUT2D eigenvalue weighted by atomic mass is 35.5. The first-order valence-corrected chi connectivity index (χ1v) is 12.1. The van der Waals surface area contributed by atoms with Crippen molar-refractivity contribution in [1.82, 2.24) is 15.2 Å². The number of anilines is 1. The predicted molar refractivity (Wildman–Crippen MR) is 132 cm³/mol. The molecule has 9 heteroatoms. The van der Waals surface area contributed by atoms with Crippen LogP contribution in [-0.2, 0) is 4.79 Å². The minimum Gasteiger partial charge on any atom is -0.455 e. The van der Waals surface area contributed by atoms with Crippen molar-refractivity contribution < 1.29 is 13.9 Å². The van der Waals surface area contributed by atoms with Crippen LogP contribution >= 0.6 is 23.4 Å². The number of nitrogens with zero attached hydrogens (tertiary/aromatic N) is 4. The third-order valence-corrected chi connectivity index (χ3v) is 6.66. The Bertz CT molecular complexity index is 1390. The van der Waals surface area contributed by atoms with Gasteiger partial charge in [-0.1, -0.05) is 60.6 Å². The molecule has 34 heavy (non-hydrogen) atoms. The molecule has 1 atom stereocenters. The van der Waals surface area contributed by atoms with E-state index in [-0.39, 0.29) is 5.91 Å². The molecule has 1 aliphatic heterocycles. The summed E-state index contributed by atoms with van der Waals surface area (Å²) in [6, 6.07) is 16.8. The molecule has 7 nitrogen and oxygen atoms in total. The fourth-order valence-electron chi connectivity index (χ4n) is 3.93. The normalized spacial score (nSPS) is 14.7. The van der Waals surface area contributed by atoms with Crippen LogP contribution in [0.3, 0.4) is 0 Å². The van der Waals surface area contributed by atoms with Gasteiger partial charge in [-0.2, -0.15) is 4.98 Å². The number of amides is 1. The molecule has 3 heterocycles. The van der Waals surface area contributed by atoms with Crippen LogP contribution in [0.1, 0.15) is 31.4 Å². The van der Waals surface area contributed by atoms with Crippen LogP contribution in [0.4, 0.5) is 5.69 Å². The van der Waals surface area contributed by atoms with Gasteiger partial charge in [-0.25, -0.2) is 0 Å². The largest absolute Gasteiger partial charge is 0.455 e. The Morgan fingerprint density at radius 3 is 2.68 bits per heavy atom. The van der Waals surface area contributed by atoms with E-state index in [2.05, 4.69) is 15.2 Å². The van der Waals surface area contributed by atoms with Crippen molar-refractivity contribution in [3.8, 4) is 28.5 Å². The zero-order valence-electron chi connectivity index (χ0n) is 18.8. The average Bonchev–Trinajstić information content (AvgIpc) is 3.25. The summed E-state index contributed by atoms with van der Waals surface area (Å²) in [5, 5.41) is 9.78. The number of aromatic nitrogens is 3. The van der Waals surface area contributed by atoms with Crippen LogP contribution in [-0.4, -0.2) is 26.8 Å². The number of thioether (sulfide) groups is 1. The number of carbonyl (C=O) groups is 1. The highest BCUT2D eigenvalue weighted by Gasteiger charge is 2.36. The number of hydrogen-bond donors (Lipinski definition) is 0. The van der Waals surface area contributed by atoms with E-state index in [4.69, 9.17) is 20.8 Å². The van der Waals surface area contributed by atoms with Gasteiger partial charge in [0, 0.05) is 23.1 Å². The summed E-state index contributed by atoms with van der Waals surface area (Å²) < 4.78 is 12.6. The van der Waals surface area contributed by atoms with Crippen molar-refractivity contribution in [1.29, 1.82) is 0 Å². The van der Waals surface area contributed by atoms with E-state index in [0.29, 0.717) is 44.5 Å². The van der Waals surface area contributed by atoms with Gasteiger partial charge in [-0.15, -0.1) is 10.2 Å². The molecule has 1 unspecified atom stereocenters. The molecule has 0 N–H and O–H groups in total. The Balaban J connectivity index is 1.66. The standard InChI is InChI=1S/C25H21ClN4O3S/c1-4-34-25-27-23-22(28-29-25)17-8-5-6-11-19(17)30(15(3)31)24(33-23)21-13-12-20(32-21)16-9-7-10-18(26)14(16)2/h5-13,24H,4H2,1-3H3. The van der Waals surface area contributed by atoms with Gasteiger partial charge in [0.05, 0.1) is 5.69 Å². The summed E-state index contributed by atoms with van der Waals surface area (Å²) in [5.74, 6) is 1.96. The lowest BCUT2D eigenvalue weighted by atomic mass is 10.1. The minimum absolute atomic E-state index is 0.210. The predicted octanol–water partition coefficient (Wildman–Crippen LogP) is 6.32. The molecule has 2 aromatic carbocycles. The van der Waals surface area contributed by atoms with Crippen molar-refractivity contribution in [2.75, 3.05) is 10.7 Å². The Hall–Kier alpha value is -3.36. The molecule has 0 saturated heterocycles. The molecule has 172 valence electrons. The number of carbonyl (C=O) groups excluding carboxylic acids is 1. The summed E-state index contributed by atoms with van der Waals surface area (Å²) in [6.07, 6.45) is -0.885. The van der Waals surface area contributed by atoms with Crippen LogP contribution < -0.4 is 9.64 Å². The van der Waals surface area contributed by atoms with Crippen molar-refractivity contribution >= 4 is 35.0 Å². The summed E-state index contributed by atoms with van der Waals surface area (Å²) in [6.45, 7) is 5.44. The number of rotatable bonds is 4. The second-order valence-corrected chi connectivity index (χ2v) is 9.31. The van der Waals surface area contributed by atoms with Crippen LogP contribution in [0.15, 0.2) is 64.2 Å². The number of fused-ring (bicyclic) bond motifs is 3. The van der Waals surface area contributed by atoms with Crippen molar-refractivity contribution in [2.45, 2.75) is 32.2 Å². The highest BCUT2D eigenvalue weighted by Crippen LogP contribution is 2.44. The number of hydrogen-bond acceptors (Lipinski definition) is 7. The molecule has 0 aliphatic carbocycles. The van der Waals surface area contributed by atoms with E-state index in [1.165, 1.54) is 18.7 Å². The summed E-state index contributed by atoms with van der Waals surface area (Å²) >= 11 is 7.78. The lowest BCUT2D eigenvalue weighted by Gasteiger charge is -2.28. The fraction of sp³-hybridized carbons (Fsp3) is 0.200. The fourth-order valence-corrected chi connectivity index (χ4v) is 4.61. The van der Waals surface area contributed by atoms with E-state index in [0.717, 1.165) is 16.9 Å². The molecule has 4 aromatic rings. The van der Waals surface area contributed by atoms with Crippen molar-refractivity contribution in [2.24, 2.45) is 0 Å². The Labute approximate surface area is 206 Å². The molecule has 1 amide bonds. The number of benzene rings is 2. The zero-order valence-corrected chi connectivity index (χ0v) is 20.4. The van der Waals surface area contributed by atoms with E-state index in [9.17, 15) is 4.79 Å². The van der Waals surface area contributed by atoms with Gasteiger partial charge in [0.1, 0.15) is 5.76 Å². The quantitative estimate of drug-likeness (QED) is 0.308. The summed E-state index contributed by atoms with van der Waals surface area (Å²) in [5.41, 5.74) is 3.60. The highest BCUT2D eigenvalue weighted by molar-refractivity contribution is 7.99. The van der Waals surface area contributed by atoms with E-state index in [1.807, 2.05) is 62.4 Å². The van der Waals surface area contributed by atoms with Crippen LogP contribution in [0.25, 0.3) is 22.6 Å². The number of halogens is 1. The molecular weight excluding hydrogens is 472 g/mol. The Morgan fingerprint density at radius 1 is 1.09 bits per heavy atom. The van der Waals surface area contributed by atoms with Crippen LogP contribution in [0.2, 0.25) is 5.02 Å². The lowest BCUT2D eigenvalue weighted by molar-refractivity contribution is -0.118. The average molecular weight is 493 g/mol. The van der Waals surface area contributed by atoms with Gasteiger partial charge >= 0.3 is 0 Å². The van der Waals surface area contributed by atoms with Crippen LogP contribution in [0, 0.1) is 6.92 Å². The monoisotopic (exact) mass is 492 g/mol.